The lowest BCUT2D eigenvalue weighted by Gasteiger charge is -2.32. The van der Waals surface area contributed by atoms with Crippen molar-refractivity contribution in [2.75, 3.05) is 18.4 Å². The summed E-state index contributed by atoms with van der Waals surface area (Å²) >= 11 is 0. The number of furan rings is 1. The normalized spacial score (nSPS) is 15.9. The molecule has 0 saturated carbocycles. The molecule has 4 rings (SSSR count). The molecule has 3 aromatic heterocycles. The summed E-state index contributed by atoms with van der Waals surface area (Å²) in [6.07, 6.45) is 8.25. The fourth-order valence-electron chi connectivity index (χ4n) is 2.98. The van der Waals surface area contributed by atoms with Crippen molar-refractivity contribution in [3.8, 4) is 0 Å². The number of rotatable bonds is 3. The topological polar surface area (TPSA) is 75.7 Å². The third-order valence-corrected chi connectivity index (χ3v) is 4.21. The highest BCUT2D eigenvalue weighted by molar-refractivity contribution is 5.93. The van der Waals surface area contributed by atoms with E-state index < -0.39 is 0 Å². The van der Waals surface area contributed by atoms with Crippen molar-refractivity contribution in [3.05, 3.63) is 48.8 Å². The van der Waals surface area contributed by atoms with Gasteiger partial charge in [0, 0.05) is 25.3 Å². The van der Waals surface area contributed by atoms with Gasteiger partial charge < -0.3 is 14.6 Å². The minimum absolute atomic E-state index is 0.0387. The molecule has 0 aliphatic carbocycles. The van der Waals surface area contributed by atoms with Crippen molar-refractivity contribution in [1.29, 1.82) is 0 Å². The molecular formula is C16H17N5O2. The van der Waals surface area contributed by atoms with Gasteiger partial charge in [0.1, 0.15) is 12.6 Å². The summed E-state index contributed by atoms with van der Waals surface area (Å²) in [4.78, 5) is 18.4. The van der Waals surface area contributed by atoms with E-state index in [0.29, 0.717) is 11.6 Å². The molecule has 23 heavy (non-hydrogen) atoms. The van der Waals surface area contributed by atoms with Gasteiger partial charge in [-0.25, -0.2) is 9.50 Å². The number of aromatic nitrogens is 3. The van der Waals surface area contributed by atoms with Gasteiger partial charge in [-0.1, -0.05) is 0 Å². The molecule has 0 radical (unpaired) electrons. The summed E-state index contributed by atoms with van der Waals surface area (Å²) in [7, 11) is 0. The van der Waals surface area contributed by atoms with Crippen LogP contribution in [0.4, 0.5) is 5.69 Å². The third-order valence-electron chi connectivity index (χ3n) is 4.21. The number of nitrogens with zero attached hydrogens (tertiary/aromatic N) is 4. The molecule has 1 amide bonds. The summed E-state index contributed by atoms with van der Waals surface area (Å²) in [5.41, 5.74) is 2.42. The lowest BCUT2D eigenvalue weighted by molar-refractivity contribution is 0.0718. The minimum Gasteiger partial charge on any atom is -0.472 e. The summed E-state index contributed by atoms with van der Waals surface area (Å²) < 4.78 is 6.73. The highest BCUT2D eigenvalue weighted by Crippen LogP contribution is 2.20. The van der Waals surface area contributed by atoms with E-state index in [0.717, 1.165) is 37.3 Å². The Morgan fingerprint density at radius 3 is 2.96 bits per heavy atom. The second-order valence-corrected chi connectivity index (χ2v) is 5.67. The van der Waals surface area contributed by atoms with Gasteiger partial charge in [-0.3, -0.25) is 4.79 Å². The van der Waals surface area contributed by atoms with Gasteiger partial charge in [0.2, 0.25) is 0 Å². The average molecular weight is 311 g/mol. The molecule has 0 spiro atoms. The van der Waals surface area contributed by atoms with Gasteiger partial charge in [0.05, 0.1) is 17.5 Å². The molecule has 118 valence electrons. The molecule has 1 saturated heterocycles. The smallest absolute Gasteiger partial charge is 0.257 e. The van der Waals surface area contributed by atoms with Crippen molar-refractivity contribution >= 4 is 17.2 Å². The molecule has 0 unspecified atom stereocenters. The van der Waals surface area contributed by atoms with Gasteiger partial charge >= 0.3 is 0 Å². The molecule has 4 heterocycles. The predicted octanol–water partition coefficient (Wildman–Crippen LogP) is 2.04. The lowest BCUT2D eigenvalue weighted by atomic mass is 10.0. The Labute approximate surface area is 132 Å². The van der Waals surface area contributed by atoms with Crippen LogP contribution in [-0.2, 0) is 0 Å². The second-order valence-electron chi connectivity index (χ2n) is 5.67. The van der Waals surface area contributed by atoms with E-state index >= 15 is 0 Å². The van der Waals surface area contributed by atoms with Crippen LogP contribution < -0.4 is 5.32 Å². The maximum Gasteiger partial charge on any atom is 0.257 e. The van der Waals surface area contributed by atoms with Crippen LogP contribution in [0.15, 0.2) is 47.7 Å². The van der Waals surface area contributed by atoms with Crippen molar-refractivity contribution in [1.82, 2.24) is 19.5 Å². The van der Waals surface area contributed by atoms with E-state index in [9.17, 15) is 4.79 Å². The van der Waals surface area contributed by atoms with Gasteiger partial charge in [-0.15, -0.1) is 0 Å². The zero-order valence-electron chi connectivity index (χ0n) is 12.6. The zero-order chi connectivity index (χ0) is 15.6. The number of carbonyl (C=O) groups is 1. The van der Waals surface area contributed by atoms with Crippen LogP contribution >= 0.6 is 0 Å². The number of pyridine rings is 1. The first-order chi connectivity index (χ1) is 11.3. The maximum atomic E-state index is 12.3. The van der Waals surface area contributed by atoms with Crippen LogP contribution in [0.3, 0.4) is 0 Å². The Bertz CT molecular complexity index is 803. The van der Waals surface area contributed by atoms with Crippen LogP contribution in [0.1, 0.15) is 23.2 Å². The number of hydrogen-bond donors (Lipinski definition) is 1. The van der Waals surface area contributed by atoms with Gasteiger partial charge in [-0.2, -0.15) is 5.10 Å². The molecule has 1 fully saturated rings. The highest BCUT2D eigenvalue weighted by Gasteiger charge is 2.24. The summed E-state index contributed by atoms with van der Waals surface area (Å²) in [5.74, 6) is 0.0387. The van der Waals surface area contributed by atoms with E-state index in [1.165, 1.54) is 12.5 Å². The molecule has 7 nitrogen and oxygen atoms in total. The molecule has 0 aromatic carbocycles. The van der Waals surface area contributed by atoms with Crippen molar-refractivity contribution in [3.63, 3.8) is 0 Å². The van der Waals surface area contributed by atoms with Crippen molar-refractivity contribution in [2.45, 2.75) is 18.9 Å². The minimum atomic E-state index is 0.0387. The van der Waals surface area contributed by atoms with Crippen LogP contribution in [0, 0.1) is 0 Å². The fraction of sp³-hybridized carbons (Fsp3) is 0.312. The first kappa shape index (κ1) is 13.8. The van der Waals surface area contributed by atoms with Crippen LogP contribution in [0.25, 0.3) is 5.65 Å². The van der Waals surface area contributed by atoms with E-state index in [-0.39, 0.29) is 5.91 Å². The summed E-state index contributed by atoms with van der Waals surface area (Å²) in [6.45, 7) is 1.47. The number of nitrogens with one attached hydrogen (secondary N) is 1. The molecule has 1 N–H and O–H groups in total. The van der Waals surface area contributed by atoms with E-state index in [4.69, 9.17) is 4.42 Å². The largest absolute Gasteiger partial charge is 0.472 e. The van der Waals surface area contributed by atoms with Gasteiger partial charge in [0.15, 0.2) is 5.65 Å². The van der Waals surface area contributed by atoms with Crippen LogP contribution in [0.5, 0.6) is 0 Å². The Balaban J connectivity index is 1.40. The van der Waals surface area contributed by atoms with E-state index in [2.05, 4.69) is 15.4 Å². The van der Waals surface area contributed by atoms with Gasteiger partial charge in [0.25, 0.3) is 5.91 Å². The number of anilines is 1. The molecule has 0 atom stereocenters. The predicted molar refractivity (Wildman–Crippen MR) is 84.2 cm³/mol. The first-order valence-corrected chi connectivity index (χ1v) is 7.67. The lowest BCUT2D eigenvalue weighted by Crippen LogP contribution is -2.42. The molecule has 7 heteroatoms. The van der Waals surface area contributed by atoms with Crippen molar-refractivity contribution < 1.29 is 9.21 Å². The molecule has 3 aromatic rings. The second kappa shape index (κ2) is 5.75. The fourth-order valence-corrected chi connectivity index (χ4v) is 2.98. The first-order valence-electron chi connectivity index (χ1n) is 7.67. The number of hydrogen-bond acceptors (Lipinski definition) is 5. The van der Waals surface area contributed by atoms with Gasteiger partial charge in [-0.05, 0) is 31.0 Å². The van der Waals surface area contributed by atoms with E-state index in [1.807, 2.05) is 23.2 Å². The standard InChI is InChI=1S/C16H17N5O2/c22-16(12-5-9-23-10-12)20-7-3-13(4-8-20)19-14-2-1-6-21-15(14)17-11-18-21/h1-2,5-6,9-11,13,19H,3-4,7-8H2. The SMILES string of the molecule is O=C(c1ccoc1)N1CCC(Nc2cccn3ncnc23)CC1. The Kier molecular flexibility index (Phi) is 3.45. The number of fused-ring (bicyclic) bond motifs is 1. The highest BCUT2D eigenvalue weighted by atomic mass is 16.3. The monoisotopic (exact) mass is 311 g/mol. The number of carbonyl (C=O) groups excluding carboxylic acids is 1. The Hall–Kier alpha value is -2.83. The summed E-state index contributed by atoms with van der Waals surface area (Å²) in [5, 5.41) is 7.66. The maximum absolute atomic E-state index is 12.3. The Morgan fingerprint density at radius 1 is 1.30 bits per heavy atom. The van der Waals surface area contributed by atoms with Crippen LogP contribution in [-0.4, -0.2) is 44.5 Å². The third kappa shape index (κ3) is 2.65. The van der Waals surface area contributed by atoms with Crippen LogP contribution in [0.2, 0.25) is 0 Å². The van der Waals surface area contributed by atoms with Crippen molar-refractivity contribution in [2.24, 2.45) is 0 Å². The average Bonchev–Trinajstić information content (AvgIpc) is 3.27. The number of likely N-dealkylation sites (tertiary alicyclic amines) is 1. The molecule has 0 bridgehead atoms. The molecule has 1 aliphatic rings. The molecular weight excluding hydrogens is 294 g/mol. The summed E-state index contributed by atoms with van der Waals surface area (Å²) in [6, 6.07) is 5.99. The quantitative estimate of drug-likeness (QED) is 0.801. The number of amides is 1. The molecule has 1 aliphatic heterocycles. The Morgan fingerprint density at radius 2 is 2.17 bits per heavy atom. The number of piperidine rings is 1. The van der Waals surface area contributed by atoms with E-state index in [1.54, 1.807) is 16.9 Å². The zero-order valence-corrected chi connectivity index (χ0v) is 12.6.